The predicted octanol–water partition coefficient (Wildman–Crippen LogP) is 5.95. The Balaban J connectivity index is 0.861. The lowest BCUT2D eigenvalue weighted by Gasteiger charge is -2.47. The molecule has 0 bridgehead atoms. The first kappa shape index (κ1) is 44.0. The number of halogens is 1. The Kier molecular flexibility index (Phi) is 12.8. The number of piperazine rings is 1. The SMILES string of the molecule is COc1cc(N2CCC(CN3CC(C)N(c4ccc5c(c4)C(=O)N(C4CCC(=O)NC4=O)C5=O)C(C)C3)CC2)ccc1Nc1ncc(Cl)c(Nc2ccccc2P(=O)(OC)OC)n1. The van der Waals surface area contributed by atoms with Crippen molar-refractivity contribution >= 4 is 82.6 Å². The fourth-order valence-electron chi connectivity index (χ4n) is 9.28. The first-order valence-electron chi connectivity index (χ1n) is 21.0. The molecule has 4 aliphatic heterocycles. The van der Waals surface area contributed by atoms with Gasteiger partial charge in [0.15, 0.2) is 5.82 Å². The molecule has 0 radical (unpaired) electrons. The van der Waals surface area contributed by atoms with E-state index in [4.69, 9.17) is 25.4 Å². The predicted molar refractivity (Wildman–Crippen MR) is 240 cm³/mol. The second kappa shape index (κ2) is 18.3. The number of para-hydroxylation sites is 1. The quantitative estimate of drug-likeness (QED) is 0.105. The van der Waals surface area contributed by atoms with Gasteiger partial charge in [-0.05, 0) is 81.5 Å². The zero-order valence-corrected chi connectivity index (χ0v) is 37.4. The number of carbonyl (C=O) groups excluding carboxylic acids is 4. The highest BCUT2D eigenvalue weighted by molar-refractivity contribution is 7.62. The summed E-state index contributed by atoms with van der Waals surface area (Å²) in [5.41, 5.74) is 3.63. The molecule has 0 spiro atoms. The molecule has 4 amide bonds. The van der Waals surface area contributed by atoms with Gasteiger partial charge in [-0.15, -0.1) is 0 Å². The second-order valence-corrected chi connectivity index (χ2v) is 19.0. The van der Waals surface area contributed by atoms with Gasteiger partial charge < -0.3 is 34.2 Å². The highest BCUT2D eigenvalue weighted by atomic mass is 35.5. The maximum Gasteiger partial charge on any atom is 0.362 e. The van der Waals surface area contributed by atoms with Crippen molar-refractivity contribution in [1.29, 1.82) is 0 Å². The maximum atomic E-state index is 13.5. The smallest absolute Gasteiger partial charge is 0.362 e. The van der Waals surface area contributed by atoms with E-state index in [0.717, 1.165) is 61.8 Å². The van der Waals surface area contributed by atoms with E-state index in [9.17, 15) is 23.7 Å². The minimum atomic E-state index is -3.58. The molecule has 1 aromatic heterocycles. The number of ether oxygens (including phenoxy) is 1. The van der Waals surface area contributed by atoms with Crippen LogP contribution in [0, 0.1) is 5.92 Å². The molecule has 4 aromatic rings. The number of imide groups is 2. The van der Waals surface area contributed by atoms with Gasteiger partial charge >= 0.3 is 7.60 Å². The summed E-state index contributed by atoms with van der Waals surface area (Å²) in [7, 11) is 0.701. The Morgan fingerprint density at radius 3 is 2.24 bits per heavy atom. The van der Waals surface area contributed by atoms with E-state index in [-0.39, 0.29) is 41.5 Å². The van der Waals surface area contributed by atoms with Crippen molar-refractivity contribution in [3.8, 4) is 5.75 Å². The van der Waals surface area contributed by atoms with Gasteiger partial charge in [-0.2, -0.15) is 4.98 Å². The number of fused-ring (bicyclic) bond motifs is 1. The standard InChI is InChI=1S/C44H51ClN9O8P/c1-26-23-51(24-27(2)53(26)30-10-12-31-32(20-30)43(58)54(42(31)57)36-14-15-39(55)49-41(36)56)25-28-16-18-52(19-17-28)29-11-13-34(37(21-29)60-3)48-44-46-22-33(45)40(50-44)47-35-8-6-7-9-38(35)63(59,61-4)62-5/h6-13,20-22,26-28,36H,14-19,23-25H2,1-5H3,(H,49,55,56)(H2,46,47,48,50). The molecule has 3 fully saturated rings. The molecule has 17 nitrogen and oxygen atoms in total. The Morgan fingerprint density at radius 1 is 0.841 bits per heavy atom. The molecule has 0 aliphatic carbocycles. The zero-order valence-electron chi connectivity index (χ0n) is 35.8. The molecule has 3 aromatic carbocycles. The van der Waals surface area contributed by atoms with Crippen molar-refractivity contribution in [3.63, 3.8) is 0 Å². The lowest BCUT2D eigenvalue weighted by Crippen LogP contribution is -2.58. The topological polar surface area (TPSA) is 188 Å². The van der Waals surface area contributed by atoms with E-state index >= 15 is 0 Å². The monoisotopic (exact) mass is 899 g/mol. The van der Waals surface area contributed by atoms with Crippen LogP contribution in [-0.2, 0) is 23.2 Å². The number of hydrogen-bond acceptors (Lipinski definition) is 15. The van der Waals surface area contributed by atoms with Crippen molar-refractivity contribution in [3.05, 3.63) is 83.0 Å². The van der Waals surface area contributed by atoms with E-state index < -0.39 is 37.3 Å². The fourth-order valence-corrected chi connectivity index (χ4v) is 10.7. The number of piperidine rings is 2. The number of anilines is 6. The largest absolute Gasteiger partial charge is 0.494 e. The second-order valence-electron chi connectivity index (χ2n) is 16.3. The first-order chi connectivity index (χ1) is 30.3. The van der Waals surface area contributed by atoms with Gasteiger partial charge in [0.2, 0.25) is 17.8 Å². The van der Waals surface area contributed by atoms with E-state index in [2.05, 4.69) is 60.5 Å². The first-order valence-corrected chi connectivity index (χ1v) is 22.9. The lowest BCUT2D eigenvalue weighted by molar-refractivity contribution is -0.136. The molecule has 3 atom stereocenters. The number of nitrogens with one attached hydrogen (secondary N) is 3. The summed E-state index contributed by atoms with van der Waals surface area (Å²) < 4.78 is 29.5. The molecule has 4 aliphatic rings. The lowest BCUT2D eigenvalue weighted by atomic mass is 9.94. The minimum absolute atomic E-state index is 0.0801. The summed E-state index contributed by atoms with van der Waals surface area (Å²) >= 11 is 6.49. The molecule has 19 heteroatoms. The molecule has 3 unspecified atom stereocenters. The van der Waals surface area contributed by atoms with Gasteiger partial charge in [-0.25, -0.2) is 4.98 Å². The van der Waals surface area contributed by atoms with Crippen LogP contribution in [0.1, 0.15) is 60.2 Å². The van der Waals surface area contributed by atoms with Crippen LogP contribution in [-0.4, -0.2) is 116 Å². The van der Waals surface area contributed by atoms with E-state index in [1.165, 1.54) is 20.4 Å². The summed E-state index contributed by atoms with van der Waals surface area (Å²) in [6.07, 6.45) is 3.76. The number of carbonyl (C=O) groups is 4. The molecular weight excluding hydrogens is 849 g/mol. The molecule has 5 heterocycles. The van der Waals surface area contributed by atoms with Crippen LogP contribution >= 0.6 is 19.2 Å². The number of hydrogen-bond donors (Lipinski definition) is 3. The zero-order chi connectivity index (χ0) is 44.6. The minimum Gasteiger partial charge on any atom is -0.494 e. The van der Waals surface area contributed by atoms with Gasteiger partial charge in [0.05, 0.1) is 41.1 Å². The third-order valence-corrected chi connectivity index (χ3v) is 14.5. The molecule has 63 heavy (non-hydrogen) atoms. The molecular formula is C44H51ClN9O8P. The maximum absolute atomic E-state index is 13.5. The molecule has 8 rings (SSSR count). The third-order valence-electron chi connectivity index (χ3n) is 12.3. The van der Waals surface area contributed by atoms with Gasteiger partial charge in [-0.1, -0.05) is 23.7 Å². The number of benzene rings is 3. The van der Waals surface area contributed by atoms with Crippen LogP contribution in [0.15, 0.2) is 66.9 Å². The summed E-state index contributed by atoms with van der Waals surface area (Å²) in [5, 5.41) is 9.24. The van der Waals surface area contributed by atoms with Crippen LogP contribution in [0.3, 0.4) is 0 Å². The van der Waals surface area contributed by atoms with Gasteiger partial charge in [0.1, 0.15) is 16.8 Å². The van der Waals surface area contributed by atoms with Crippen LogP contribution in [0.2, 0.25) is 5.02 Å². The summed E-state index contributed by atoms with van der Waals surface area (Å²) in [4.78, 5) is 68.3. The van der Waals surface area contributed by atoms with E-state index in [0.29, 0.717) is 39.7 Å². The number of aromatic nitrogens is 2. The highest BCUT2D eigenvalue weighted by Gasteiger charge is 2.45. The average molecular weight is 900 g/mol. The Morgan fingerprint density at radius 2 is 1.54 bits per heavy atom. The van der Waals surface area contributed by atoms with E-state index in [1.807, 2.05) is 18.2 Å². The van der Waals surface area contributed by atoms with Crippen LogP contribution in [0.4, 0.5) is 34.5 Å². The normalized spacial score (nSPS) is 21.1. The van der Waals surface area contributed by atoms with Gasteiger partial charge in [-0.3, -0.25) is 38.9 Å². The molecule has 3 N–H and O–H groups in total. The average Bonchev–Trinajstić information content (AvgIpc) is 3.52. The van der Waals surface area contributed by atoms with Gasteiger partial charge in [0.25, 0.3) is 11.8 Å². The van der Waals surface area contributed by atoms with E-state index in [1.54, 1.807) is 43.5 Å². The Labute approximate surface area is 370 Å². The van der Waals surface area contributed by atoms with Crippen molar-refractivity contribution in [2.24, 2.45) is 5.92 Å². The van der Waals surface area contributed by atoms with Crippen molar-refractivity contribution in [2.75, 3.05) is 74.5 Å². The number of methoxy groups -OCH3 is 1. The highest BCUT2D eigenvalue weighted by Crippen LogP contribution is 2.47. The molecule has 332 valence electrons. The Hall–Kier alpha value is -5.58. The molecule has 3 saturated heterocycles. The Bertz CT molecular complexity index is 2470. The number of rotatable bonds is 13. The number of amides is 4. The van der Waals surface area contributed by atoms with Crippen molar-refractivity contribution < 1.29 is 37.5 Å². The van der Waals surface area contributed by atoms with Crippen molar-refractivity contribution in [2.45, 2.75) is 57.7 Å². The third kappa shape index (κ3) is 8.85. The number of nitrogens with zero attached hydrogens (tertiary/aromatic N) is 6. The fraction of sp³-hybridized carbons (Fsp3) is 0.409. The van der Waals surface area contributed by atoms with Crippen molar-refractivity contribution in [1.82, 2.24) is 25.1 Å². The van der Waals surface area contributed by atoms with Crippen LogP contribution in [0.5, 0.6) is 5.75 Å². The summed E-state index contributed by atoms with van der Waals surface area (Å²) in [6, 6.07) is 17.6. The molecule has 0 saturated carbocycles. The van der Waals surface area contributed by atoms with Crippen LogP contribution in [0.25, 0.3) is 0 Å². The summed E-state index contributed by atoms with van der Waals surface area (Å²) in [5.74, 6) is -0.289. The van der Waals surface area contributed by atoms with Gasteiger partial charge in [0, 0.05) is 82.9 Å². The van der Waals surface area contributed by atoms with Crippen LogP contribution < -0.4 is 35.8 Å². The summed E-state index contributed by atoms with van der Waals surface area (Å²) in [6.45, 7) is 8.88.